The Morgan fingerprint density at radius 3 is 1.60 bits per heavy atom. The molecule has 3 aliphatic carbocycles. The number of phenolic OH excluding ortho intramolecular Hbond substituents is 2. The lowest BCUT2D eigenvalue weighted by Crippen LogP contribution is -2.18. The highest BCUT2D eigenvalue weighted by atomic mass is 16.3. The van der Waals surface area contributed by atoms with E-state index in [9.17, 15) is 10.2 Å². The third-order valence-electron chi connectivity index (χ3n) is 4.66. The molecule has 0 unspecified atom stereocenters. The highest BCUT2D eigenvalue weighted by molar-refractivity contribution is 5.91. The summed E-state index contributed by atoms with van der Waals surface area (Å²) in [5.41, 5.74) is 4.11. The normalized spacial score (nSPS) is 23.3. The molecule has 102 valence electrons. The lowest BCUT2D eigenvalue weighted by atomic mass is 9.70. The number of aryl methyl sites for hydroxylation is 2. The van der Waals surface area contributed by atoms with E-state index in [0.717, 1.165) is 35.4 Å². The molecule has 4 heteroatoms. The molecule has 0 radical (unpaired) electrons. The van der Waals surface area contributed by atoms with Gasteiger partial charge in [0, 0.05) is 23.0 Å². The fourth-order valence-corrected chi connectivity index (χ4v) is 3.50. The standard InChI is InChI=1S/C16H16N2O2/c1-7-8(2)18-14-13(17-7)15(19)11-9-3-5-10(6-4-9)12(11)16(14)20/h3,5,9-10,19-20H,4,6H2,1-2H3/t9-,10-/m0/s1. The van der Waals surface area contributed by atoms with Crippen LogP contribution in [0.15, 0.2) is 12.2 Å². The summed E-state index contributed by atoms with van der Waals surface area (Å²) >= 11 is 0. The van der Waals surface area contributed by atoms with Crippen LogP contribution in [0.25, 0.3) is 11.0 Å². The van der Waals surface area contributed by atoms with E-state index >= 15 is 0 Å². The van der Waals surface area contributed by atoms with Crippen molar-refractivity contribution < 1.29 is 10.2 Å². The molecule has 2 atom stereocenters. The quantitative estimate of drug-likeness (QED) is 0.569. The highest BCUT2D eigenvalue weighted by Crippen LogP contribution is 2.54. The summed E-state index contributed by atoms with van der Waals surface area (Å²) in [6, 6.07) is 0. The van der Waals surface area contributed by atoms with Gasteiger partial charge in [-0.1, -0.05) is 12.2 Å². The number of aromatic hydroxyl groups is 2. The van der Waals surface area contributed by atoms with Gasteiger partial charge in [0.1, 0.15) is 22.5 Å². The Kier molecular flexibility index (Phi) is 2.18. The highest BCUT2D eigenvalue weighted by Gasteiger charge is 2.36. The minimum absolute atomic E-state index is 0.189. The van der Waals surface area contributed by atoms with Crippen LogP contribution in [0.3, 0.4) is 0 Å². The number of nitrogens with zero attached hydrogens (tertiary/aromatic N) is 2. The number of hydrogen-bond donors (Lipinski definition) is 2. The molecule has 2 N–H and O–H groups in total. The summed E-state index contributed by atoms with van der Waals surface area (Å²) in [6.07, 6.45) is 6.31. The average molecular weight is 268 g/mol. The largest absolute Gasteiger partial charge is 0.505 e. The van der Waals surface area contributed by atoms with Crippen LogP contribution in [0, 0.1) is 13.8 Å². The van der Waals surface area contributed by atoms with Gasteiger partial charge in [0.25, 0.3) is 0 Å². The van der Waals surface area contributed by atoms with Crippen molar-refractivity contribution in [3.8, 4) is 11.5 Å². The molecule has 0 fully saturated rings. The van der Waals surface area contributed by atoms with Crippen LogP contribution in [0.2, 0.25) is 0 Å². The van der Waals surface area contributed by atoms with Crippen LogP contribution >= 0.6 is 0 Å². The van der Waals surface area contributed by atoms with Gasteiger partial charge >= 0.3 is 0 Å². The lowest BCUT2D eigenvalue weighted by molar-refractivity contribution is 0.427. The van der Waals surface area contributed by atoms with E-state index in [4.69, 9.17) is 0 Å². The first kappa shape index (κ1) is 11.7. The van der Waals surface area contributed by atoms with Crippen LogP contribution in [-0.2, 0) is 0 Å². The fraction of sp³-hybridized carbons (Fsp3) is 0.375. The van der Waals surface area contributed by atoms with Crippen LogP contribution in [0.4, 0.5) is 0 Å². The predicted octanol–water partition coefficient (Wildman–Crippen LogP) is 3.19. The monoisotopic (exact) mass is 268 g/mol. The first-order valence-electron chi connectivity index (χ1n) is 6.99. The molecule has 20 heavy (non-hydrogen) atoms. The van der Waals surface area contributed by atoms with E-state index in [2.05, 4.69) is 22.1 Å². The number of hydrogen-bond acceptors (Lipinski definition) is 4. The smallest absolute Gasteiger partial charge is 0.147 e. The molecule has 1 heterocycles. The zero-order chi connectivity index (χ0) is 14.0. The summed E-state index contributed by atoms with van der Waals surface area (Å²) in [5, 5.41) is 21.2. The van der Waals surface area contributed by atoms with E-state index in [1.54, 1.807) is 0 Å². The Labute approximate surface area is 116 Å². The number of benzene rings is 1. The van der Waals surface area contributed by atoms with Crippen molar-refractivity contribution in [1.29, 1.82) is 0 Å². The second-order valence-electron chi connectivity index (χ2n) is 5.79. The van der Waals surface area contributed by atoms with Crippen LogP contribution in [-0.4, -0.2) is 20.2 Å². The molecule has 1 aromatic heterocycles. The van der Waals surface area contributed by atoms with Crippen LogP contribution in [0.5, 0.6) is 11.5 Å². The molecule has 0 saturated heterocycles. The average Bonchev–Trinajstić information content (AvgIpc) is 2.47. The van der Waals surface area contributed by atoms with Crippen molar-refractivity contribution in [3.63, 3.8) is 0 Å². The summed E-state index contributed by atoms with van der Waals surface area (Å²) in [4.78, 5) is 8.86. The van der Waals surface area contributed by atoms with Crippen molar-refractivity contribution in [2.45, 2.75) is 38.5 Å². The van der Waals surface area contributed by atoms with Gasteiger partial charge in [0.05, 0.1) is 11.4 Å². The van der Waals surface area contributed by atoms with E-state index in [0.29, 0.717) is 11.0 Å². The topological polar surface area (TPSA) is 66.2 Å². The van der Waals surface area contributed by atoms with Crippen molar-refractivity contribution in [3.05, 3.63) is 34.7 Å². The Balaban J connectivity index is 2.17. The van der Waals surface area contributed by atoms with Gasteiger partial charge in [-0.05, 0) is 26.7 Å². The molecule has 3 aliphatic rings. The molecule has 5 rings (SSSR count). The van der Waals surface area contributed by atoms with E-state index in [1.807, 2.05) is 13.8 Å². The Morgan fingerprint density at radius 1 is 0.850 bits per heavy atom. The third-order valence-corrected chi connectivity index (χ3v) is 4.66. The summed E-state index contributed by atoms with van der Waals surface area (Å²) in [5.74, 6) is 0.771. The van der Waals surface area contributed by atoms with Crippen molar-refractivity contribution in [2.24, 2.45) is 0 Å². The van der Waals surface area contributed by atoms with Gasteiger partial charge in [-0.25, -0.2) is 9.97 Å². The molecular weight excluding hydrogens is 252 g/mol. The van der Waals surface area contributed by atoms with E-state index in [-0.39, 0.29) is 23.3 Å². The van der Waals surface area contributed by atoms with Crippen molar-refractivity contribution >= 4 is 11.0 Å². The van der Waals surface area contributed by atoms with Crippen molar-refractivity contribution in [2.75, 3.05) is 0 Å². The predicted molar refractivity (Wildman–Crippen MR) is 76.2 cm³/mol. The maximum atomic E-state index is 10.6. The molecule has 0 amide bonds. The lowest BCUT2D eigenvalue weighted by Gasteiger charge is -2.34. The number of fused-ring (bicyclic) bond motifs is 2. The minimum Gasteiger partial charge on any atom is -0.505 e. The zero-order valence-electron chi connectivity index (χ0n) is 11.5. The molecule has 0 spiro atoms. The molecular formula is C16H16N2O2. The second-order valence-corrected chi connectivity index (χ2v) is 5.79. The molecule has 0 saturated carbocycles. The Hall–Kier alpha value is -2.10. The minimum atomic E-state index is 0.189. The molecule has 2 bridgehead atoms. The SMILES string of the molecule is Cc1nc2c(O)c3c(c(O)c2nc1C)[C@H]1C=C[C@H]3CC1. The van der Waals surface area contributed by atoms with Crippen LogP contribution in [0.1, 0.15) is 47.2 Å². The molecule has 4 nitrogen and oxygen atoms in total. The summed E-state index contributed by atoms with van der Waals surface area (Å²) < 4.78 is 0. The molecule has 0 aliphatic heterocycles. The first-order chi connectivity index (χ1) is 9.58. The fourth-order valence-electron chi connectivity index (χ4n) is 3.50. The summed E-state index contributed by atoms with van der Waals surface area (Å²) in [7, 11) is 0. The van der Waals surface area contributed by atoms with Gasteiger partial charge in [-0.2, -0.15) is 0 Å². The number of phenols is 2. The van der Waals surface area contributed by atoms with Gasteiger partial charge in [-0.3, -0.25) is 0 Å². The van der Waals surface area contributed by atoms with Crippen LogP contribution < -0.4 is 0 Å². The van der Waals surface area contributed by atoms with Gasteiger partial charge in [0.2, 0.25) is 0 Å². The van der Waals surface area contributed by atoms with E-state index in [1.165, 1.54) is 0 Å². The summed E-state index contributed by atoms with van der Waals surface area (Å²) in [6.45, 7) is 3.73. The maximum Gasteiger partial charge on any atom is 0.147 e. The van der Waals surface area contributed by atoms with Crippen molar-refractivity contribution in [1.82, 2.24) is 9.97 Å². The molecule has 2 aromatic rings. The molecule has 1 aromatic carbocycles. The zero-order valence-corrected chi connectivity index (χ0v) is 11.5. The maximum absolute atomic E-state index is 10.6. The van der Waals surface area contributed by atoms with Gasteiger partial charge in [0.15, 0.2) is 0 Å². The van der Waals surface area contributed by atoms with E-state index < -0.39 is 0 Å². The number of allylic oxidation sites excluding steroid dienone is 2. The second kappa shape index (κ2) is 3.72. The Bertz CT molecular complexity index is 716. The Morgan fingerprint density at radius 2 is 1.25 bits per heavy atom. The first-order valence-corrected chi connectivity index (χ1v) is 6.99. The number of aromatic nitrogens is 2. The number of rotatable bonds is 0. The van der Waals surface area contributed by atoms with Gasteiger partial charge in [-0.15, -0.1) is 0 Å². The third kappa shape index (κ3) is 1.31. The van der Waals surface area contributed by atoms with Gasteiger partial charge < -0.3 is 10.2 Å².